The van der Waals surface area contributed by atoms with Crippen LogP contribution in [-0.2, 0) is 4.79 Å². The Kier molecular flexibility index (Phi) is 6.93. The van der Waals surface area contributed by atoms with Gasteiger partial charge in [0, 0.05) is 20.4 Å². The van der Waals surface area contributed by atoms with Gasteiger partial charge in [-0.1, -0.05) is 54.2 Å². The maximum absolute atomic E-state index is 12.6. The van der Waals surface area contributed by atoms with Crippen LogP contribution < -0.4 is 5.32 Å². The zero-order valence-corrected chi connectivity index (χ0v) is 19.0. The van der Waals surface area contributed by atoms with Crippen LogP contribution in [0.15, 0.2) is 76.5 Å². The molecule has 146 valence electrons. The highest BCUT2D eigenvalue weighted by Gasteiger charge is 2.33. The summed E-state index contributed by atoms with van der Waals surface area (Å²) in [7, 11) is 0. The van der Waals surface area contributed by atoms with Crippen molar-refractivity contribution in [2.24, 2.45) is 0 Å². The zero-order valence-electron chi connectivity index (χ0n) is 16.0. The van der Waals surface area contributed by atoms with E-state index in [-0.39, 0.29) is 17.3 Å². The highest BCUT2D eigenvalue weighted by molar-refractivity contribution is 14.1. The average molecular weight is 514 g/mol. The third kappa shape index (κ3) is 4.80. The second-order valence-corrected chi connectivity index (χ2v) is 8.87. The lowest BCUT2D eigenvalue weighted by Gasteiger charge is -2.29. The summed E-state index contributed by atoms with van der Waals surface area (Å²) in [5, 5.41) is 13.7. The number of benzene rings is 2. The molecular weight excluding hydrogens is 495 g/mol. The van der Waals surface area contributed by atoms with E-state index in [4.69, 9.17) is 0 Å². The number of thioether (sulfide) groups is 1. The minimum absolute atomic E-state index is 0.00625. The molecule has 1 heterocycles. The lowest BCUT2D eigenvalue weighted by atomic mass is 9.81. The van der Waals surface area contributed by atoms with Crippen molar-refractivity contribution in [1.29, 1.82) is 5.26 Å². The summed E-state index contributed by atoms with van der Waals surface area (Å²) in [4.78, 5) is 24.9. The van der Waals surface area contributed by atoms with E-state index in [9.17, 15) is 14.9 Å². The summed E-state index contributed by atoms with van der Waals surface area (Å²) >= 11 is 3.50. The van der Waals surface area contributed by atoms with Gasteiger partial charge in [-0.05, 0) is 54.1 Å². The Bertz CT molecular complexity index is 1050. The van der Waals surface area contributed by atoms with Crippen molar-refractivity contribution in [1.82, 2.24) is 5.32 Å². The average Bonchev–Trinajstić information content (AvgIpc) is 2.72. The first-order chi connectivity index (χ1) is 13.9. The molecule has 29 heavy (non-hydrogen) atoms. The molecule has 6 heteroatoms. The number of nitriles is 1. The van der Waals surface area contributed by atoms with Crippen LogP contribution in [0.5, 0.6) is 0 Å². The van der Waals surface area contributed by atoms with E-state index in [1.165, 1.54) is 18.7 Å². The summed E-state index contributed by atoms with van der Waals surface area (Å²) in [5.74, 6) is -0.307. The fraction of sp³-hybridized carbons (Fsp3) is 0.174. The van der Waals surface area contributed by atoms with Crippen molar-refractivity contribution < 1.29 is 9.59 Å². The quantitative estimate of drug-likeness (QED) is 0.425. The van der Waals surface area contributed by atoms with E-state index >= 15 is 0 Å². The molecule has 0 spiro atoms. The number of ketones is 2. The van der Waals surface area contributed by atoms with Crippen molar-refractivity contribution in [3.05, 3.63) is 91.2 Å². The number of carbonyl (C=O) groups excluding carboxylic acids is 2. The number of rotatable bonds is 6. The van der Waals surface area contributed by atoms with Crippen molar-refractivity contribution in [3.8, 4) is 6.07 Å². The number of nitrogens with one attached hydrogen (secondary N) is 1. The molecule has 0 aliphatic carbocycles. The van der Waals surface area contributed by atoms with Crippen LogP contribution >= 0.6 is 34.4 Å². The number of carbonyl (C=O) groups is 2. The Balaban J connectivity index is 1.93. The topological polar surface area (TPSA) is 70.0 Å². The van der Waals surface area contributed by atoms with E-state index < -0.39 is 5.92 Å². The maximum atomic E-state index is 12.6. The van der Waals surface area contributed by atoms with Gasteiger partial charge in [0.2, 0.25) is 0 Å². The van der Waals surface area contributed by atoms with Gasteiger partial charge in [-0.2, -0.15) is 5.26 Å². The molecule has 1 aliphatic rings. The molecule has 1 atom stereocenters. The number of dihydropyridines is 1. The minimum Gasteiger partial charge on any atom is -0.353 e. The van der Waals surface area contributed by atoms with Crippen molar-refractivity contribution in [3.63, 3.8) is 0 Å². The monoisotopic (exact) mass is 514 g/mol. The molecule has 0 saturated carbocycles. The van der Waals surface area contributed by atoms with Crippen molar-refractivity contribution in [2.75, 3.05) is 5.75 Å². The predicted molar refractivity (Wildman–Crippen MR) is 124 cm³/mol. The molecule has 0 radical (unpaired) electrons. The van der Waals surface area contributed by atoms with Crippen LogP contribution in [0, 0.1) is 14.9 Å². The SMILES string of the molecule is CC(=O)C1=C(C)NC(SCC(=O)c2ccc(I)cc2)=C(C#N)C1c1ccccc1. The smallest absolute Gasteiger partial charge is 0.173 e. The molecule has 2 aromatic rings. The molecule has 0 saturated heterocycles. The van der Waals surface area contributed by atoms with Gasteiger partial charge in [-0.15, -0.1) is 0 Å². The maximum Gasteiger partial charge on any atom is 0.173 e. The third-order valence-corrected chi connectivity index (χ3v) is 6.41. The largest absolute Gasteiger partial charge is 0.353 e. The van der Waals surface area contributed by atoms with Crippen LogP contribution in [-0.4, -0.2) is 17.3 Å². The van der Waals surface area contributed by atoms with Crippen LogP contribution in [0.25, 0.3) is 0 Å². The zero-order chi connectivity index (χ0) is 21.0. The second kappa shape index (κ2) is 9.42. The number of hydrogen-bond donors (Lipinski definition) is 1. The van der Waals surface area contributed by atoms with Crippen LogP contribution in [0.4, 0.5) is 0 Å². The third-order valence-electron chi connectivity index (χ3n) is 4.67. The fourth-order valence-electron chi connectivity index (χ4n) is 3.33. The molecule has 1 N–H and O–H groups in total. The Morgan fingerprint density at radius 3 is 2.38 bits per heavy atom. The molecule has 0 fully saturated rings. The van der Waals surface area contributed by atoms with E-state index in [2.05, 4.69) is 34.0 Å². The summed E-state index contributed by atoms with van der Waals surface area (Å²) < 4.78 is 1.07. The highest BCUT2D eigenvalue weighted by atomic mass is 127. The normalized spacial score (nSPS) is 16.3. The summed E-state index contributed by atoms with van der Waals surface area (Å²) in [5.41, 5.74) is 3.30. The Morgan fingerprint density at radius 1 is 1.14 bits per heavy atom. The molecule has 0 aromatic heterocycles. The van der Waals surface area contributed by atoms with E-state index in [1.807, 2.05) is 61.5 Å². The summed E-state index contributed by atoms with van der Waals surface area (Å²) in [6.45, 7) is 3.35. The number of hydrogen-bond acceptors (Lipinski definition) is 5. The molecular formula is C23H19IN2O2S. The van der Waals surface area contributed by atoms with Gasteiger partial charge in [-0.3, -0.25) is 9.59 Å². The fourth-order valence-corrected chi connectivity index (χ4v) is 4.67. The highest BCUT2D eigenvalue weighted by Crippen LogP contribution is 2.40. The Hall–Kier alpha value is -2.37. The lowest BCUT2D eigenvalue weighted by Crippen LogP contribution is -2.27. The van der Waals surface area contributed by atoms with E-state index in [0.29, 0.717) is 21.7 Å². The first-order valence-electron chi connectivity index (χ1n) is 9.02. The minimum atomic E-state index is -0.434. The number of halogens is 1. The Labute approximate surface area is 188 Å². The first-order valence-corrected chi connectivity index (χ1v) is 11.1. The Morgan fingerprint density at radius 2 is 1.79 bits per heavy atom. The number of allylic oxidation sites excluding steroid dienone is 3. The van der Waals surface area contributed by atoms with Crippen LogP contribution in [0.3, 0.4) is 0 Å². The predicted octanol–water partition coefficient (Wildman–Crippen LogP) is 5.19. The van der Waals surface area contributed by atoms with Crippen molar-refractivity contribution >= 4 is 45.9 Å². The second-order valence-electron chi connectivity index (χ2n) is 6.64. The van der Waals surface area contributed by atoms with Crippen LogP contribution in [0.2, 0.25) is 0 Å². The van der Waals surface area contributed by atoms with Gasteiger partial charge in [0.05, 0.1) is 28.3 Å². The van der Waals surface area contributed by atoms with Gasteiger partial charge in [-0.25, -0.2) is 0 Å². The number of nitrogens with zero attached hydrogens (tertiary/aromatic N) is 1. The van der Waals surface area contributed by atoms with Gasteiger partial charge < -0.3 is 5.32 Å². The lowest BCUT2D eigenvalue weighted by molar-refractivity contribution is -0.113. The van der Waals surface area contributed by atoms with E-state index in [0.717, 1.165) is 14.8 Å². The molecule has 0 amide bonds. The standard InChI is InChI=1S/C23H19IN2O2S/c1-14-21(15(2)27)22(17-6-4-3-5-7-17)19(12-25)23(26-14)29-13-20(28)16-8-10-18(24)11-9-16/h3-11,22,26H,13H2,1-2H3. The molecule has 4 nitrogen and oxygen atoms in total. The molecule has 3 rings (SSSR count). The summed E-state index contributed by atoms with van der Waals surface area (Å²) in [6, 6.07) is 19.2. The van der Waals surface area contributed by atoms with E-state index in [1.54, 1.807) is 0 Å². The van der Waals surface area contributed by atoms with Gasteiger partial charge in [0.25, 0.3) is 0 Å². The molecule has 1 unspecified atom stereocenters. The summed E-state index contributed by atoms with van der Waals surface area (Å²) in [6.07, 6.45) is 0. The van der Waals surface area contributed by atoms with Crippen LogP contribution in [0.1, 0.15) is 35.7 Å². The van der Waals surface area contributed by atoms with Gasteiger partial charge >= 0.3 is 0 Å². The van der Waals surface area contributed by atoms with Crippen molar-refractivity contribution in [2.45, 2.75) is 19.8 Å². The number of Topliss-reactive ketones (excluding diaryl/α,β-unsaturated/α-hetero) is 2. The van der Waals surface area contributed by atoms with Gasteiger partial charge in [0.15, 0.2) is 11.6 Å². The molecule has 0 bridgehead atoms. The molecule has 1 aliphatic heterocycles. The molecule has 2 aromatic carbocycles. The van der Waals surface area contributed by atoms with Gasteiger partial charge in [0.1, 0.15) is 0 Å². The first kappa shape index (κ1) is 21.3.